The molecule has 0 saturated heterocycles. The molecular formula is C18H17NS2. The molecule has 1 N–H and O–H groups in total. The molecule has 1 aromatic carbocycles. The fourth-order valence-electron chi connectivity index (χ4n) is 3.13. The fourth-order valence-corrected chi connectivity index (χ4v) is 4.81. The second-order valence-electron chi connectivity index (χ2n) is 5.50. The standard InChI is InChI=1S/C18H17NS2/c1-2-6-14-12-15(11-13(14)5-1)19-18(16-7-3-9-20-16)17-8-4-10-21-17/h1-10,15,18-19H,11-12H2. The lowest BCUT2D eigenvalue weighted by molar-refractivity contribution is 0.494. The highest BCUT2D eigenvalue weighted by molar-refractivity contribution is 7.11. The van der Waals surface area contributed by atoms with Gasteiger partial charge in [-0.2, -0.15) is 0 Å². The summed E-state index contributed by atoms with van der Waals surface area (Å²) in [7, 11) is 0. The summed E-state index contributed by atoms with van der Waals surface area (Å²) in [5.74, 6) is 0. The molecule has 0 radical (unpaired) electrons. The number of fused-ring (bicyclic) bond motifs is 1. The largest absolute Gasteiger partial charge is 0.301 e. The number of thiophene rings is 2. The summed E-state index contributed by atoms with van der Waals surface area (Å²) in [4.78, 5) is 2.82. The van der Waals surface area contributed by atoms with Gasteiger partial charge in [0.2, 0.25) is 0 Å². The van der Waals surface area contributed by atoms with Crippen molar-refractivity contribution in [3.05, 3.63) is 80.2 Å². The molecular weight excluding hydrogens is 294 g/mol. The van der Waals surface area contributed by atoms with Crippen LogP contribution in [-0.4, -0.2) is 6.04 Å². The lowest BCUT2D eigenvalue weighted by atomic mass is 10.1. The average molecular weight is 311 g/mol. The molecule has 0 spiro atoms. The Bertz CT molecular complexity index is 641. The van der Waals surface area contributed by atoms with Crippen molar-refractivity contribution in [2.24, 2.45) is 0 Å². The van der Waals surface area contributed by atoms with Gasteiger partial charge in [0.25, 0.3) is 0 Å². The Morgan fingerprint density at radius 2 is 1.38 bits per heavy atom. The highest BCUT2D eigenvalue weighted by atomic mass is 32.1. The Balaban J connectivity index is 1.57. The predicted octanol–water partition coefficient (Wildman–Crippen LogP) is 4.66. The first kappa shape index (κ1) is 13.3. The van der Waals surface area contributed by atoms with Crippen LogP contribution in [0.15, 0.2) is 59.3 Å². The van der Waals surface area contributed by atoms with Gasteiger partial charge in [0, 0.05) is 15.8 Å². The van der Waals surface area contributed by atoms with Gasteiger partial charge in [-0.1, -0.05) is 36.4 Å². The van der Waals surface area contributed by atoms with Crippen LogP contribution in [0, 0.1) is 0 Å². The molecule has 0 aliphatic heterocycles. The Kier molecular flexibility index (Phi) is 3.63. The molecule has 3 aromatic rings. The van der Waals surface area contributed by atoms with Crippen LogP contribution >= 0.6 is 22.7 Å². The van der Waals surface area contributed by atoms with E-state index >= 15 is 0 Å². The highest BCUT2D eigenvalue weighted by Crippen LogP contribution is 2.31. The lowest BCUT2D eigenvalue weighted by Gasteiger charge is -2.21. The minimum Gasteiger partial charge on any atom is -0.301 e. The molecule has 1 aliphatic carbocycles. The third kappa shape index (κ3) is 2.69. The van der Waals surface area contributed by atoms with E-state index in [1.165, 1.54) is 20.9 Å². The molecule has 3 heteroatoms. The molecule has 1 nitrogen and oxygen atoms in total. The summed E-state index contributed by atoms with van der Waals surface area (Å²) in [5.41, 5.74) is 3.01. The topological polar surface area (TPSA) is 12.0 Å². The zero-order chi connectivity index (χ0) is 14.1. The van der Waals surface area contributed by atoms with Crippen molar-refractivity contribution in [1.82, 2.24) is 5.32 Å². The Labute approximate surface area is 133 Å². The van der Waals surface area contributed by atoms with E-state index in [9.17, 15) is 0 Å². The molecule has 1 aliphatic rings. The number of hydrogen-bond acceptors (Lipinski definition) is 3. The van der Waals surface area contributed by atoms with E-state index in [2.05, 4.69) is 64.6 Å². The van der Waals surface area contributed by atoms with Crippen molar-refractivity contribution in [2.45, 2.75) is 24.9 Å². The van der Waals surface area contributed by atoms with Gasteiger partial charge < -0.3 is 5.32 Å². The van der Waals surface area contributed by atoms with E-state index in [0.717, 1.165) is 12.8 Å². The zero-order valence-electron chi connectivity index (χ0n) is 11.7. The maximum Gasteiger partial charge on any atom is 0.0767 e. The van der Waals surface area contributed by atoms with Crippen molar-refractivity contribution in [3.8, 4) is 0 Å². The van der Waals surface area contributed by atoms with Gasteiger partial charge in [-0.15, -0.1) is 22.7 Å². The first-order valence-electron chi connectivity index (χ1n) is 7.30. The average Bonchev–Trinajstić information content (AvgIpc) is 3.24. The summed E-state index contributed by atoms with van der Waals surface area (Å²) < 4.78 is 0. The van der Waals surface area contributed by atoms with Crippen molar-refractivity contribution in [2.75, 3.05) is 0 Å². The van der Waals surface area contributed by atoms with Crippen molar-refractivity contribution >= 4 is 22.7 Å². The highest BCUT2D eigenvalue weighted by Gasteiger charge is 2.25. The first-order chi connectivity index (χ1) is 10.4. The van der Waals surface area contributed by atoms with Gasteiger partial charge in [0.1, 0.15) is 0 Å². The maximum absolute atomic E-state index is 3.89. The minimum absolute atomic E-state index is 0.337. The van der Waals surface area contributed by atoms with Crippen LogP contribution in [0.4, 0.5) is 0 Å². The van der Waals surface area contributed by atoms with Gasteiger partial charge in [-0.3, -0.25) is 0 Å². The fraction of sp³-hybridized carbons (Fsp3) is 0.222. The predicted molar refractivity (Wildman–Crippen MR) is 91.3 cm³/mol. The molecule has 0 unspecified atom stereocenters. The van der Waals surface area contributed by atoms with Crippen LogP contribution in [0.1, 0.15) is 26.9 Å². The molecule has 0 fully saturated rings. The van der Waals surface area contributed by atoms with Crippen LogP contribution in [-0.2, 0) is 12.8 Å². The minimum atomic E-state index is 0.337. The molecule has 0 amide bonds. The van der Waals surface area contributed by atoms with E-state index in [0.29, 0.717) is 12.1 Å². The second kappa shape index (κ2) is 5.76. The lowest BCUT2D eigenvalue weighted by Crippen LogP contribution is -2.33. The SMILES string of the molecule is c1csc(C(NC2Cc3ccccc3C2)c2cccs2)c1. The summed E-state index contributed by atoms with van der Waals surface area (Å²) in [6.45, 7) is 0. The van der Waals surface area contributed by atoms with E-state index in [4.69, 9.17) is 0 Å². The zero-order valence-corrected chi connectivity index (χ0v) is 13.3. The second-order valence-corrected chi connectivity index (χ2v) is 7.46. The molecule has 0 atom stereocenters. The Hall–Kier alpha value is -1.42. The van der Waals surface area contributed by atoms with Gasteiger partial charge in [-0.25, -0.2) is 0 Å². The van der Waals surface area contributed by atoms with Crippen LogP contribution in [0.2, 0.25) is 0 Å². The normalized spacial score (nSPS) is 14.7. The molecule has 2 aromatic heterocycles. The molecule has 4 rings (SSSR count). The third-order valence-electron chi connectivity index (χ3n) is 4.11. The molecule has 0 saturated carbocycles. The van der Waals surface area contributed by atoms with Crippen LogP contribution in [0.25, 0.3) is 0 Å². The molecule has 106 valence electrons. The molecule has 0 bridgehead atoms. The van der Waals surface area contributed by atoms with E-state index in [1.54, 1.807) is 0 Å². The van der Waals surface area contributed by atoms with Crippen molar-refractivity contribution < 1.29 is 0 Å². The maximum atomic E-state index is 3.89. The summed E-state index contributed by atoms with van der Waals surface area (Å²) in [6.07, 6.45) is 2.28. The third-order valence-corrected chi connectivity index (χ3v) is 5.98. The van der Waals surface area contributed by atoms with Crippen LogP contribution in [0.3, 0.4) is 0 Å². The number of benzene rings is 1. The van der Waals surface area contributed by atoms with Gasteiger partial charge in [-0.05, 0) is 46.9 Å². The van der Waals surface area contributed by atoms with Crippen molar-refractivity contribution in [1.29, 1.82) is 0 Å². The summed E-state index contributed by atoms with van der Waals surface area (Å²) in [5, 5.41) is 8.22. The van der Waals surface area contributed by atoms with E-state index in [-0.39, 0.29) is 0 Å². The molecule has 2 heterocycles. The van der Waals surface area contributed by atoms with Gasteiger partial charge >= 0.3 is 0 Å². The number of hydrogen-bond donors (Lipinski definition) is 1. The van der Waals surface area contributed by atoms with E-state index in [1.807, 2.05) is 22.7 Å². The Morgan fingerprint density at radius 1 is 0.810 bits per heavy atom. The first-order valence-corrected chi connectivity index (χ1v) is 9.06. The smallest absolute Gasteiger partial charge is 0.0767 e. The summed E-state index contributed by atoms with van der Waals surface area (Å²) in [6, 6.07) is 18.5. The quantitative estimate of drug-likeness (QED) is 0.739. The summed E-state index contributed by atoms with van der Waals surface area (Å²) >= 11 is 3.68. The number of nitrogens with one attached hydrogen (secondary N) is 1. The van der Waals surface area contributed by atoms with Crippen molar-refractivity contribution in [3.63, 3.8) is 0 Å². The monoisotopic (exact) mass is 311 g/mol. The Morgan fingerprint density at radius 3 is 1.86 bits per heavy atom. The van der Waals surface area contributed by atoms with E-state index < -0.39 is 0 Å². The van der Waals surface area contributed by atoms with Crippen LogP contribution in [0.5, 0.6) is 0 Å². The van der Waals surface area contributed by atoms with Gasteiger partial charge in [0.05, 0.1) is 6.04 Å². The van der Waals surface area contributed by atoms with Gasteiger partial charge in [0.15, 0.2) is 0 Å². The molecule has 21 heavy (non-hydrogen) atoms. The van der Waals surface area contributed by atoms with Crippen LogP contribution < -0.4 is 5.32 Å². The number of rotatable bonds is 4.